The largest absolute Gasteiger partial charge is 0.497 e. The molecular weight excluding hydrogens is 418 g/mol. The summed E-state index contributed by atoms with van der Waals surface area (Å²) in [6.07, 6.45) is 0.558. The molecule has 0 radical (unpaired) electrons. The zero-order chi connectivity index (χ0) is 22.5. The lowest BCUT2D eigenvalue weighted by atomic mass is 10.1. The molecular formula is C26H25N3O2S. The number of para-hydroxylation sites is 2. The molecule has 5 nitrogen and oxygen atoms in total. The average Bonchev–Trinajstić information content (AvgIpc) is 3.00. The lowest BCUT2D eigenvalue weighted by Gasteiger charge is -2.11. The number of anilines is 1. The van der Waals surface area contributed by atoms with Crippen molar-refractivity contribution in [3.63, 3.8) is 0 Å². The van der Waals surface area contributed by atoms with Crippen LogP contribution < -0.4 is 10.1 Å². The number of carbonyl (C=O) groups excluding carboxylic acids is 1. The Balaban J connectivity index is 1.53. The van der Waals surface area contributed by atoms with Crippen LogP contribution in [0.15, 0.2) is 76.7 Å². The van der Waals surface area contributed by atoms with Crippen LogP contribution in [0.1, 0.15) is 23.1 Å². The number of nitrogens with zero attached hydrogens (tertiary/aromatic N) is 2. The van der Waals surface area contributed by atoms with Gasteiger partial charge in [0.25, 0.3) is 0 Å². The van der Waals surface area contributed by atoms with Gasteiger partial charge in [-0.3, -0.25) is 9.79 Å². The Labute approximate surface area is 192 Å². The van der Waals surface area contributed by atoms with Gasteiger partial charge in [-0.1, -0.05) is 24.3 Å². The Bertz CT molecular complexity index is 1200. The summed E-state index contributed by atoms with van der Waals surface area (Å²) in [5, 5.41) is 3.88. The Kier molecular flexibility index (Phi) is 6.71. The number of nitrogens with one attached hydrogen (secondary N) is 1. The molecule has 1 heterocycles. The quantitative estimate of drug-likeness (QED) is 0.508. The number of methoxy groups -OCH3 is 1. The third kappa shape index (κ3) is 5.08. The van der Waals surface area contributed by atoms with E-state index >= 15 is 0 Å². The molecule has 1 amide bonds. The molecule has 1 aliphatic heterocycles. The van der Waals surface area contributed by atoms with Crippen molar-refractivity contribution in [3.8, 4) is 5.75 Å². The zero-order valence-electron chi connectivity index (χ0n) is 18.4. The molecule has 6 heteroatoms. The summed E-state index contributed by atoms with van der Waals surface area (Å²) in [6.45, 7) is 4.06. The standard InChI is InChI=1S/C26H25N3O2S/c1-17-7-6-10-21(18(17)2)28-25(30)16-32-26-15-24(19-11-13-20(31-3)14-12-19)27-22-8-4-5-9-23(22)29-26/h4-14H,15-16H2,1-3H3,(H,28,30). The van der Waals surface area contributed by atoms with E-state index in [0.29, 0.717) is 6.42 Å². The van der Waals surface area contributed by atoms with Crippen molar-refractivity contribution >= 4 is 45.5 Å². The van der Waals surface area contributed by atoms with E-state index in [0.717, 1.165) is 50.3 Å². The van der Waals surface area contributed by atoms with Crippen molar-refractivity contribution in [2.45, 2.75) is 20.3 Å². The van der Waals surface area contributed by atoms with E-state index in [1.165, 1.54) is 11.8 Å². The number of hydrogen-bond acceptors (Lipinski definition) is 5. The van der Waals surface area contributed by atoms with Crippen LogP contribution in [-0.2, 0) is 4.79 Å². The number of hydrogen-bond donors (Lipinski definition) is 1. The molecule has 1 N–H and O–H groups in total. The minimum atomic E-state index is -0.0492. The third-order valence-electron chi connectivity index (χ3n) is 5.37. The number of benzene rings is 3. The molecule has 0 atom stereocenters. The Hall–Kier alpha value is -3.38. The molecule has 0 bridgehead atoms. The first-order chi connectivity index (χ1) is 15.5. The molecule has 0 aromatic heterocycles. The number of ether oxygens (including phenoxy) is 1. The van der Waals surface area contributed by atoms with Gasteiger partial charge in [0.15, 0.2) is 0 Å². The fourth-order valence-corrected chi connectivity index (χ4v) is 4.18. The van der Waals surface area contributed by atoms with Crippen molar-refractivity contribution < 1.29 is 9.53 Å². The van der Waals surface area contributed by atoms with Gasteiger partial charge in [0, 0.05) is 12.1 Å². The molecule has 0 aliphatic carbocycles. The van der Waals surface area contributed by atoms with E-state index in [4.69, 9.17) is 14.7 Å². The molecule has 0 fully saturated rings. The molecule has 4 rings (SSSR count). The molecule has 0 saturated carbocycles. The molecule has 0 spiro atoms. The van der Waals surface area contributed by atoms with Crippen LogP contribution in [0.4, 0.5) is 17.1 Å². The first-order valence-electron chi connectivity index (χ1n) is 10.4. The maximum atomic E-state index is 12.6. The summed E-state index contributed by atoms with van der Waals surface area (Å²) in [5.41, 5.74) is 6.65. The average molecular weight is 444 g/mol. The SMILES string of the molecule is COc1ccc(C2=Nc3ccccc3N=C(SCC(=O)Nc3cccc(C)c3C)C2)cc1. The van der Waals surface area contributed by atoms with Gasteiger partial charge in [-0.25, -0.2) is 4.99 Å². The van der Waals surface area contributed by atoms with Crippen molar-refractivity contribution in [3.05, 3.63) is 83.4 Å². The Morgan fingerprint density at radius 3 is 2.41 bits per heavy atom. The second kappa shape index (κ2) is 9.83. The highest BCUT2D eigenvalue weighted by Crippen LogP contribution is 2.33. The number of aliphatic imine (C=N–C) groups is 2. The summed E-state index contributed by atoms with van der Waals surface area (Å²) < 4.78 is 5.28. The lowest BCUT2D eigenvalue weighted by molar-refractivity contribution is -0.113. The van der Waals surface area contributed by atoms with Gasteiger partial charge in [0.1, 0.15) is 5.75 Å². The van der Waals surface area contributed by atoms with Gasteiger partial charge in [-0.05, 0) is 73.0 Å². The highest BCUT2D eigenvalue weighted by Gasteiger charge is 2.17. The van der Waals surface area contributed by atoms with E-state index in [9.17, 15) is 4.79 Å². The first kappa shape index (κ1) is 21.8. The van der Waals surface area contributed by atoms with Gasteiger partial charge >= 0.3 is 0 Å². The van der Waals surface area contributed by atoms with Crippen LogP contribution in [0.2, 0.25) is 0 Å². The number of amides is 1. The van der Waals surface area contributed by atoms with Gasteiger partial charge in [-0.2, -0.15) is 0 Å². The predicted molar refractivity (Wildman–Crippen MR) is 134 cm³/mol. The van der Waals surface area contributed by atoms with E-state index in [1.54, 1.807) is 7.11 Å². The summed E-state index contributed by atoms with van der Waals surface area (Å²) in [5.74, 6) is 1.03. The van der Waals surface area contributed by atoms with E-state index in [-0.39, 0.29) is 11.7 Å². The van der Waals surface area contributed by atoms with Crippen molar-refractivity contribution in [2.75, 3.05) is 18.2 Å². The summed E-state index contributed by atoms with van der Waals surface area (Å²) in [7, 11) is 1.65. The smallest absolute Gasteiger partial charge is 0.234 e. The van der Waals surface area contributed by atoms with Crippen LogP contribution in [0.5, 0.6) is 5.75 Å². The maximum Gasteiger partial charge on any atom is 0.234 e. The zero-order valence-corrected chi connectivity index (χ0v) is 19.2. The Morgan fingerprint density at radius 1 is 0.969 bits per heavy atom. The second-order valence-electron chi connectivity index (χ2n) is 7.54. The summed E-state index contributed by atoms with van der Waals surface area (Å²) >= 11 is 1.45. The molecule has 3 aromatic rings. The van der Waals surface area contributed by atoms with Crippen LogP contribution in [0.3, 0.4) is 0 Å². The van der Waals surface area contributed by atoms with Crippen molar-refractivity contribution in [2.24, 2.45) is 9.98 Å². The maximum absolute atomic E-state index is 12.6. The van der Waals surface area contributed by atoms with Crippen molar-refractivity contribution in [1.29, 1.82) is 0 Å². The van der Waals surface area contributed by atoms with Crippen LogP contribution >= 0.6 is 11.8 Å². The van der Waals surface area contributed by atoms with E-state index in [2.05, 4.69) is 5.32 Å². The molecule has 3 aromatic carbocycles. The fourth-order valence-electron chi connectivity index (χ4n) is 3.41. The van der Waals surface area contributed by atoms with Crippen LogP contribution in [0, 0.1) is 13.8 Å². The number of rotatable bonds is 5. The van der Waals surface area contributed by atoms with Gasteiger partial charge in [-0.15, -0.1) is 11.8 Å². The summed E-state index contributed by atoms with van der Waals surface area (Å²) in [6, 6.07) is 21.6. The highest BCUT2D eigenvalue weighted by molar-refractivity contribution is 8.14. The molecule has 1 aliphatic rings. The second-order valence-corrected chi connectivity index (χ2v) is 8.59. The van der Waals surface area contributed by atoms with Crippen molar-refractivity contribution in [1.82, 2.24) is 0 Å². The molecule has 0 unspecified atom stereocenters. The predicted octanol–water partition coefficient (Wildman–Crippen LogP) is 6.24. The van der Waals surface area contributed by atoms with Gasteiger partial charge in [0.2, 0.25) is 5.91 Å². The Morgan fingerprint density at radius 2 is 1.69 bits per heavy atom. The van der Waals surface area contributed by atoms with Gasteiger partial charge < -0.3 is 10.1 Å². The highest BCUT2D eigenvalue weighted by atomic mass is 32.2. The minimum absolute atomic E-state index is 0.0492. The number of aryl methyl sites for hydroxylation is 1. The molecule has 0 saturated heterocycles. The van der Waals surface area contributed by atoms with Gasteiger partial charge in [0.05, 0.1) is 35.0 Å². The first-order valence-corrected chi connectivity index (χ1v) is 11.4. The third-order valence-corrected chi connectivity index (χ3v) is 6.35. The van der Waals surface area contributed by atoms with Crippen LogP contribution in [0.25, 0.3) is 0 Å². The lowest BCUT2D eigenvalue weighted by Crippen LogP contribution is -2.17. The number of carbonyl (C=O) groups is 1. The summed E-state index contributed by atoms with van der Waals surface area (Å²) in [4.78, 5) is 22.3. The minimum Gasteiger partial charge on any atom is -0.497 e. The fraction of sp³-hybridized carbons (Fsp3) is 0.192. The number of thioether (sulfide) groups is 1. The number of fused-ring (bicyclic) bond motifs is 1. The topological polar surface area (TPSA) is 63.1 Å². The van der Waals surface area contributed by atoms with E-state index < -0.39 is 0 Å². The molecule has 162 valence electrons. The van der Waals surface area contributed by atoms with E-state index in [1.807, 2.05) is 80.6 Å². The normalized spacial score (nSPS) is 12.8. The van der Waals surface area contributed by atoms with Crippen LogP contribution in [-0.4, -0.2) is 29.5 Å². The monoisotopic (exact) mass is 443 g/mol. The molecule has 32 heavy (non-hydrogen) atoms.